The lowest BCUT2D eigenvalue weighted by Gasteiger charge is -2.51. The van der Waals surface area contributed by atoms with E-state index >= 15 is 0 Å². The molecular weight excluding hydrogens is 429 g/mol. The molecule has 0 amide bonds. The van der Waals surface area contributed by atoms with E-state index in [-0.39, 0.29) is 36.6 Å². The van der Waals surface area contributed by atoms with E-state index in [1.807, 2.05) is 6.07 Å². The van der Waals surface area contributed by atoms with Crippen molar-refractivity contribution in [3.05, 3.63) is 35.1 Å². The van der Waals surface area contributed by atoms with Gasteiger partial charge in [0.25, 0.3) is 0 Å². The molecule has 2 saturated heterocycles. The van der Waals surface area contributed by atoms with E-state index in [9.17, 15) is 21.2 Å². The van der Waals surface area contributed by atoms with E-state index in [4.69, 9.17) is 0 Å². The first kappa shape index (κ1) is 22.1. The second-order valence-corrected chi connectivity index (χ2v) is 12.6. The average Bonchev–Trinajstić information content (AvgIpc) is 2.68. The summed E-state index contributed by atoms with van der Waals surface area (Å²) in [6.07, 6.45) is 4.74. The summed E-state index contributed by atoms with van der Waals surface area (Å²) in [7, 11) is -6.79. The minimum atomic E-state index is -3.47. The molecule has 1 aromatic carbocycles. The van der Waals surface area contributed by atoms with Crippen molar-refractivity contribution in [1.29, 1.82) is 0 Å². The van der Waals surface area contributed by atoms with Crippen molar-refractivity contribution in [1.82, 2.24) is 13.9 Å². The van der Waals surface area contributed by atoms with Gasteiger partial charge in [-0.15, -0.1) is 0 Å². The van der Waals surface area contributed by atoms with Crippen LogP contribution in [0.1, 0.15) is 42.9 Å². The zero-order chi connectivity index (χ0) is 21.5. The molecule has 3 aliphatic heterocycles. The Bertz CT molecular complexity index is 999. The topological polar surface area (TPSA) is 86.8 Å². The van der Waals surface area contributed by atoms with Gasteiger partial charge in [0, 0.05) is 38.3 Å². The number of hydrogen-bond donors (Lipinski definition) is 1. The lowest BCUT2D eigenvalue weighted by Crippen LogP contribution is -2.57. The van der Waals surface area contributed by atoms with Crippen molar-refractivity contribution in [2.75, 3.05) is 38.2 Å². The van der Waals surface area contributed by atoms with E-state index in [0.717, 1.165) is 56.2 Å². The molecule has 1 N–H and O–H groups in total. The lowest BCUT2D eigenvalue weighted by atomic mass is 9.77. The minimum absolute atomic E-state index is 0.0520. The average molecular weight is 460 g/mol. The molecule has 10 heteroatoms. The third-order valence-electron chi connectivity index (χ3n) is 6.68. The lowest BCUT2D eigenvalue weighted by molar-refractivity contribution is 0.0219. The second kappa shape index (κ2) is 8.46. The monoisotopic (exact) mass is 459 g/mol. The molecule has 0 spiro atoms. The van der Waals surface area contributed by atoms with Gasteiger partial charge in [-0.05, 0) is 61.3 Å². The highest BCUT2D eigenvalue weighted by molar-refractivity contribution is 7.89. The first-order valence-corrected chi connectivity index (χ1v) is 14.1. The highest BCUT2D eigenvalue weighted by atomic mass is 32.2. The molecule has 0 unspecified atom stereocenters. The van der Waals surface area contributed by atoms with Crippen LogP contribution in [0, 0.1) is 11.7 Å². The van der Waals surface area contributed by atoms with Crippen molar-refractivity contribution >= 4 is 20.0 Å². The highest BCUT2D eigenvalue weighted by Crippen LogP contribution is 2.43. The van der Waals surface area contributed by atoms with Crippen LogP contribution in [0.3, 0.4) is 0 Å². The van der Waals surface area contributed by atoms with Crippen LogP contribution in [0.15, 0.2) is 18.2 Å². The van der Waals surface area contributed by atoms with Crippen LogP contribution in [-0.4, -0.2) is 70.3 Å². The number of sulfonamides is 2. The van der Waals surface area contributed by atoms with E-state index in [1.54, 1.807) is 10.4 Å². The predicted molar refractivity (Wildman–Crippen MR) is 114 cm³/mol. The summed E-state index contributed by atoms with van der Waals surface area (Å²) in [5.74, 6) is 0.0240. The molecule has 3 heterocycles. The number of nitrogens with zero attached hydrogens (tertiary/aromatic N) is 2. The van der Waals surface area contributed by atoms with Crippen molar-refractivity contribution in [3.8, 4) is 0 Å². The van der Waals surface area contributed by atoms with Crippen LogP contribution in [0.2, 0.25) is 0 Å². The summed E-state index contributed by atoms with van der Waals surface area (Å²) in [5.41, 5.74) is 2.16. The fourth-order valence-electron chi connectivity index (χ4n) is 5.36. The fourth-order valence-corrected chi connectivity index (χ4v) is 7.69. The molecule has 30 heavy (non-hydrogen) atoms. The molecule has 0 bridgehead atoms. The highest BCUT2D eigenvalue weighted by Gasteiger charge is 2.45. The normalized spacial score (nSPS) is 27.9. The third kappa shape index (κ3) is 4.72. The number of halogens is 1. The quantitative estimate of drug-likeness (QED) is 0.651. The number of rotatable bonds is 6. The van der Waals surface area contributed by atoms with E-state index < -0.39 is 20.0 Å². The maximum atomic E-state index is 13.7. The van der Waals surface area contributed by atoms with Gasteiger partial charge in [0.2, 0.25) is 20.0 Å². The molecule has 168 valence electrons. The van der Waals surface area contributed by atoms with E-state index in [2.05, 4.69) is 9.62 Å². The summed E-state index contributed by atoms with van der Waals surface area (Å²) >= 11 is 0. The Labute approximate surface area is 178 Å². The molecule has 0 saturated carbocycles. The Hall–Kier alpha value is -1.07. The van der Waals surface area contributed by atoms with Gasteiger partial charge in [0.1, 0.15) is 5.82 Å². The van der Waals surface area contributed by atoms with Crippen molar-refractivity contribution in [2.45, 2.75) is 44.2 Å². The van der Waals surface area contributed by atoms with E-state index in [1.165, 1.54) is 6.07 Å². The van der Waals surface area contributed by atoms with Gasteiger partial charge in [0.15, 0.2) is 0 Å². The van der Waals surface area contributed by atoms with Crippen LogP contribution in [0.25, 0.3) is 0 Å². The Balaban J connectivity index is 1.49. The molecule has 3 atom stereocenters. The zero-order valence-electron chi connectivity index (χ0n) is 17.3. The fraction of sp³-hybridized carbons (Fsp3) is 0.700. The smallest absolute Gasteiger partial charge is 0.214 e. The summed E-state index contributed by atoms with van der Waals surface area (Å²) in [6.45, 7) is 2.39. The minimum Gasteiger partial charge on any atom is -0.296 e. The van der Waals surface area contributed by atoms with Gasteiger partial charge in [-0.25, -0.2) is 25.9 Å². The molecular formula is C20H30FN3O4S2. The van der Waals surface area contributed by atoms with Gasteiger partial charge in [0.05, 0.1) is 12.0 Å². The molecule has 0 radical (unpaired) electrons. The molecule has 4 rings (SSSR count). The standard InChI is InChI=1S/C20H30FN3O4S2/c1-29(25,26)22-8-3-11-30(27,28)24-9-2-4-16-14-23-10-7-15-12-17(21)5-6-18(15)20(23)13-19(16)24/h5-6,12,16,19-20,22H,2-4,7-11,13-14H2,1H3/t16-,19+,20-/m0/s1. The maximum absolute atomic E-state index is 13.7. The largest absolute Gasteiger partial charge is 0.296 e. The predicted octanol–water partition coefficient (Wildman–Crippen LogP) is 1.48. The van der Waals surface area contributed by atoms with E-state index in [0.29, 0.717) is 12.5 Å². The van der Waals surface area contributed by atoms with Gasteiger partial charge < -0.3 is 0 Å². The Morgan fingerprint density at radius 2 is 2.00 bits per heavy atom. The number of benzene rings is 1. The van der Waals surface area contributed by atoms with Gasteiger partial charge in [-0.2, -0.15) is 4.31 Å². The van der Waals surface area contributed by atoms with Crippen LogP contribution in [-0.2, 0) is 26.5 Å². The van der Waals surface area contributed by atoms with Crippen LogP contribution in [0.4, 0.5) is 4.39 Å². The Morgan fingerprint density at radius 1 is 1.20 bits per heavy atom. The van der Waals surface area contributed by atoms with Crippen molar-refractivity contribution < 1.29 is 21.2 Å². The Kier molecular flexibility index (Phi) is 6.24. The van der Waals surface area contributed by atoms with Crippen molar-refractivity contribution in [2.24, 2.45) is 5.92 Å². The number of piperidine rings is 2. The molecule has 0 aliphatic carbocycles. The Morgan fingerprint density at radius 3 is 2.77 bits per heavy atom. The second-order valence-electron chi connectivity index (χ2n) is 8.76. The molecule has 0 aromatic heterocycles. The summed E-state index contributed by atoms with van der Waals surface area (Å²) in [6, 6.07) is 5.05. The van der Waals surface area contributed by atoms with Gasteiger partial charge in [-0.1, -0.05) is 6.07 Å². The van der Waals surface area contributed by atoms with Gasteiger partial charge in [-0.3, -0.25) is 4.90 Å². The SMILES string of the molecule is CS(=O)(=O)NCCCS(=O)(=O)N1CCC[C@H]2CN3CCc4cc(F)ccc4[C@@H]3C[C@H]21. The molecule has 2 fully saturated rings. The van der Waals surface area contributed by atoms with Crippen molar-refractivity contribution in [3.63, 3.8) is 0 Å². The van der Waals surface area contributed by atoms with Crippen LogP contribution < -0.4 is 4.72 Å². The maximum Gasteiger partial charge on any atom is 0.214 e. The first-order valence-electron chi connectivity index (χ1n) is 10.6. The first-order chi connectivity index (χ1) is 14.1. The summed E-state index contributed by atoms with van der Waals surface area (Å²) in [4.78, 5) is 2.44. The molecule has 1 aromatic rings. The number of hydrogen-bond acceptors (Lipinski definition) is 5. The third-order valence-corrected chi connectivity index (χ3v) is 9.38. The zero-order valence-corrected chi connectivity index (χ0v) is 18.9. The molecule has 3 aliphatic rings. The van der Waals surface area contributed by atoms with Crippen LogP contribution >= 0.6 is 0 Å². The summed E-state index contributed by atoms with van der Waals surface area (Å²) in [5, 5.41) is 0. The summed E-state index contributed by atoms with van der Waals surface area (Å²) < 4.78 is 66.3. The number of fused-ring (bicyclic) bond motifs is 4. The molecule has 7 nitrogen and oxygen atoms in total. The van der Waals surface area contributed by atoms with Gasteiger partial charge >= 0.3 is 0 Å². The number of nitrogens with one attached hydrogen (secondary N) is 1. The van der Waals surface area contributed by atoms with Crippen LogP contribution in [0.5, 0.6) is 0 Å².